The predicted octanol–water partition coefficient (Wildman–Crippen LogP) is 0.508. The first kappa shape index (κ1) is 28.5. The molecule has 0 spiro atoms. The third-order valence-corrected chi connectivity index (χ3v) is 8.72. The Morgan fingerprint density at radius 3 is 2.61 bits per heavy atom. The van der Waals surface area contributed by atoms with Gasteiger partial charge < -0.3 is 0 Å². The topological polar surface area (TPSA) is 76.7 Å². The summed E-state index contributed by atoms with van der Waals surface area (Å²) in [6.45, 7) is 11.8. The van der Waals surface area contributed by atoms with Crippen molar-refractivity contribution in [2.75, 3.05) is 37.8 Å². The van der Waals surface area contributed by atoms with Gasteiger partial charge in [0.15, 0.2) is 0 Å². The molecule has 1 aromatic carbocycles. The zero-order valence-corrected chi connectivity index (χ0v) is 24.6. The van der Waals surface area contributed by atoms with Crippen molar-refractivity contribution >= 4 is 11.9 Å². The summed E-state index contributed by atoms with van der Waals surface area (Å²) in [4.78, 5) is 30.3. The van der Waals surface area contributed by atoms with E-state index >= 15 is 0 Å². The van der Waals surface area contributed by atoms with Crippen molar-refractivity contribution in [1.29, 1.82) is 0 Å². The van der Waals surface area contributed by atoms with E-state index in [4.69, 9.17) is 0 Å². The molecule has 0 saturated carbocycles. The summed E-state index contributed by atoms with van der Waals surface area (Å²) >= 11 is -0.506. The van der Waals surface area contributed by atoms with Gasteiger partial charge in [-0.25, -0.2) is 0 Å². The van der Waals surface area contributed by atoms with Crippen molar-refractivity contribution in [3.63, 3.8) is 0 Å². The molecular formula is C28H43IN5O2-. The molecule has 0 aliphatic carbocycles. The fourth-order valence-electron chi connectivity index (χ4n) is 4.53. The molecule has 1 fully saturated rings. The van der Waals surface area contributed by atoms with Gasteiger partial charge in [0.25, 0.3) is 0 Å². The van der Waals surface area contributed by atoms with E-state index in [0.29, 0.717) is 24.4 Å². The van der Waals surface area contributed by atoms with E-state index in [2.05, 4.69) is 61.9 Å². The number of nitrogens with zero attached hydrogens (tertiary/aromatic N) is 2. The van der Waals surface area contributed by atoms with Gasteiger partial charge in [0.05, 0.1) is 0 Å². The molecule has 0 aromatic heterocycles. The Morgan fingerprint density at radius 2 is 1.92 bits per heavy atom. The molecule has 3 amide bonds. The summed E-state index contributed by atoms with van der Waals surface area (Å²) in [5.74, 6) is 1.93. The van der Waals surface area contributed by atoms with Crippen molar-refractivity contribution in [1.82, 2.24) is 25.8 Å². The summed E-state index contributed by atoms with van der Waals surface area (Å²) < 4.78 is 1.66. The molecule has 200 valence electrons. The molecule has 8 heteroatoms. The quantitative estimate of drug-likeness (QED) is 0.217. The van der Waals surface area contributed by atoms with Crippen molar-refractivity contribution in [3.05, 3.63) is 56.9 Å². The van der Waals surface area contributed by atoms with Crippen LogP contribution in [-0.2, 0) is 11.2 Å². The van der Waals surface area contributed by atoms with Crippen LogP contribution in [0.5, 0.6) is 0 Å². The fraction of sp³-hybridized carbons (Fsp3) is 0.571. The average Bonchev–Trinajstić information content (AvgIpc) is 3.04. The number of allylic oxidation sites excluding steroid dienone is 2. The van der Waals surface area contributed by atoms with Crippen LogP contribution in [0.3, 0.4) is 0 Å². The van der Waals surface area contributed by atoms with Crippen molar-refractivity contribution in [2.45, 2.75) is 53.0 Å². The number of hydrogen-bond donors (Lipinski definition) is 3. The normalized spacial score (nSPS) is 18.8. The number of hydrogen-bond acceptors (Lipinski definition) is 4. The van der Waals surface area contributed by atoms with Gasteiger partial charge >= 0.3 is 228 Å². The number of amides is 3. The maximum absolute atomic E-state index is 13.5. The summed E-state index contributed by atoms with van der Waals surface area (Å²) in [5.41, 5.74) is 2.23. The Hall–Kier alpha value is -2.07. The Morgan fingerprint density at radius 1 is 1.17 bits per heavy atom. The van der Waals surface area contributed by atoms with E-state index in [-0.39, 0.29) is 11.9 Å². The van der Waals surface area contributed by atoms with Crippen LogP contribution in [0, 0.1) is 11.8 Å². The van der Waals surface area contributed by atoms with E-state index in [1.165, 1.54) is 5.56 Å². The maximum atomic E-state index is 13.5. The number of likely N-dealkylation sites (N-methyl/N-ethyl adjacent to an activating group) is 1. The molecule has 0 bridgehead atoms. The molecular weight excluding hydrogens is 565 g/mol. The predicted molar refractivity (Wildman–Crippen MR) is 142 cm³/mol. The van der Waals surface area contributed by atoms with E-state index in [0.717, 1.165) is 58.4 Å². The van der Waals surface area contributed by atoms with E-state index in [1.54, 1.807) is 4.90 Å². The van der Waals surface area contributed by atoms with Gasteiger partial charge in [0.1, 0.15) is 0 Å². The standard InChI is InChI=1S/C28H43IN5O2/c1-20(2)15-23-17-25(27(35)34-14-12-30-24(18-34)16-21(3)4)29-19-31-26(23)32-28(36)33(5)13-11-22-9-7-6-8-10-22/h6-10,17,20-21,24,30-31H,11-16,18-19H2,1-5H3,(H,32,36)/q-1/t24-/m0/s1. The zero-order chi connectivity index (χ0) is 26.1. The third kappa shape index (κ3) is 8.80. The van der Waals surface area contributed by atoms with Crippen LogP contribution in [0.4, 0.5) is 4.79 Å². The number of nitrogens with one attached hydrogen (secondary N) is 3. The van der Waals surface area contributed by atoms with Gasteiger partial charge in [-0.1, -0.05) is 0 Å². The van der Waals surface area contributed by atoms with Crippen LogP contribution in [0.15, 0.2) is 51.4 Å². The van der Waals surface area contributed by atoms with Crippen molar-refractivity contribution in [2.24, 2.45) is 11.8 Å². The van der Waals surface area contributed by atoms with Crippen molar-refractivity contribution in [3.8, 4) is 0 Å². The molecule has 2 heterocycles. The Labute approximate surface area is 227 Å². The van der Waals surface area contributed by atoms with E-state index in [1.807, 2.05) is 30.1 Å². The summed E-state index contributed by atoms with van der Waals surface area (Å²) in [5, 5.41) is 10.1. The third-order valence-electron chi connectivity index (χ3n) is 6.36. The Balaban J connectivity index is 1.71. The molecule has 2 aliphatic rings. The summed E-state index contributed by atoms with van der Waals surface area (Å²) in [7, 11) is 1.83. The van der Waals surface area contributed by atoms with Crippen LogP contribution in [0.2, 0.25) is 0 Å². The monoisotopic (exact) mass is 608 g/mol. The molecule has 0 unspecified atom stereocenters. The van der Waals surface area contributed by atoms with Crippen LogP contribution >= 0.6 is 0 Å². The summed E-state index contributed by atoms with van der Waals surface area (Å²) in [6, 6.07) is 10.4. The molecule has 1 atom stereocenters. The molecule has 1 saturated heterocycles. The minimum absolute atomic E-state index is 0.130. The number of urea groups is 1. The number of carbonyl (C=O) groups is 2. The molecule has 2 aliphatic heterocycles. The van der Waals surface area contributed by atoms with Gasteiger partial charge in [0.2, 0.25) is 0 Å². The van der Waals surface area contributed by atoms with Crippen LogP contribution < -0.4 is 37.2 Å². The van der Waals surface area contributed by atoms with E-state index < -0.39 is 21.2 Å². The Bertz CT molecular complexity index is 945. The van der Waals surface area contributed by atoms with Crippen LogP contribution in [0.1, 0.15) is 46.1 Å². The van der Waals surface area contributed by atoms with Gasteiger partial charge in [-0.15, -0.1) is 0 Å². The molecule has 36 heavy (non-hydrogen) atoms. The van der Waals surface area contributed by atoms with E-state index in [9.17, 15) is 9.59 Å². The molecule has 7 nitrogen and oxygen atoms in total. The Kier molecular flexibility index (Phi) is 11.1. The van der Waals surface area contributed by atoms with Crippen LogP contribution in [0.25, 0.3) is 0 Å². The second kappa shape index (κ2) is 14.0. The first-order valence-electron chi connectivity index (χ1n) is 13.1. The fourth-order valence-corrected chi connectivity index (χ4v) is 6.77. The zero-order valence-electron chi connectivity index (χ0n) is 22.4. The number of alkyl halides is 1. The van der Waals surface area contributed by atoms with Gasteiger partial charge in [-0.05, 0) is 0 Å². The first-order valence-corrected chi connectivity index (χ1v) is 15.7. The average molecular weight is 609 g/mol. The SMILES string of the molecule is CC(C)CC1=C(NC(=O)N(C)CCc2ccccc2)NC[I-]C(C(=O)N2CCN[C@@H](CC(C)C)C2)=C1. The number of carbonyl (C=O) groups excluding carboxylic acids is 2. The second-order valence-corrected chi connectivity index (χ2v) is 13.2. The first-order chi connectivity index (χ1) is 17.2. The van der Waals surface area contributed by atoms with Gasteiger partial charge in [-0.3, -0.25) is 0 Å². The number of piperazine rings is 1. The number of halogens is 1. The number of rotatable bonds is 9. The number of benzene rings is 1. The van der Waals surface area contributed by atoms with Crippen LogP contribution in [-0.4, -0.2) is 65.6 Å². The molecule has 3 rings (SSSR count). The second-order valence-electron chi connectivity index (χ2n) is 10.6. The van der Waals surface area contributed by atoms with Crippen molar-refractivity contribution < 1.29 is 30.8 Å². The minimum atomic E-state index is -0.506. The summed E-state index contributed by atoms with van der Waals surface area (Å²) in [6.07, 6.45) is 4.76. The van der Waals surface area contributed by atoms with Gasteiger partial charge in [0, 0.05) is 0 Å². The molecule has 1 aromatic rings. The molecule has 0 radical (unpaired) electrons. The van der Waals surface area contributed by atoms with Gasteiger partial charge in [-0.2, -0.15) is 0 Å². The molecule has 3 N–H and O–H groups in total.